The average Bonchev–Trinajstić information content (AvgIpc) is 3.53. The van der Waals surface area contributed by atoms with Crippen molar-refractivity contribution in [3.8, 4) is 11.1 Å². The van der Waals surface area contributed by atoms with Gasteiger partial charge in [-0.15, -0.1) is 0 Å². The molecule has 0 fully saturated rings. The summed E-state index contributed by atoms with van der Waals surface area (Å²) in [5, 5.41) is 20.2. The van der Waals surface area contributed by atoms with Gasteiger partial charge in [0, 0.05) is 24.2 Å². The molecule has 0 radical (unpaired) electrons. The van der Waals surface area contributed by atoms with Crippen LogP contribution in [0, 0.1) is 6.92 Å². The molecule has 5 rings (SSSR count). The molecule has 2 amide bonds. The number of nitrogens with zero attached hydrogens (tertiary/aromatic N) is 4. The third-order valence-corrected chi connectivity index (χ3v) is 7.32. The third kappa shape index (κ3) is 4.52. The summed E-state index contributed by atoms with van der Waals surface area (Å²) in [6, 6.07) is 8.39. The smallest absolute Gasteiger partial charge is 0.333 e. The summed E-state index contributed by atoms with van der Waals surface area (Å²) < 4.78 is 30.7. The summed E-state index contributed by atoms with van der Waals surface area (Å²) in [4.78, 5) is 13.0. The van der Waals surface area contributed by atoms with Crippen molar-refractivity contribution >= 4 is 27.3 Å². The van der Waals surface area contributed by atoms with Crippen LogP contribution in [0.2, 0.25) is 0 Å². The number of aliphatic hydroxyl groups excluding tert-OH is 1. The molecule has 3 aromatic heterocycles. The van der Waals surface area contributed by atoms with Gasteiger partial charge in [0.25, 0.3) is 10.0 Å². The van der Waals surface area contributed by atoms with Crippen LogP contribution in [0.5, 0.6) is 0 Å². The van der Waals surface area contributed by atoms with E-state index in [0.29, 0.717) is 5.69 Å². The van der Waals surface area contributed by atoms with Gasteiger partial charge < -0.3 is 10.4 Å². The number of hydrogen-bond acceptors (Lipinski definition) is 6. The fourth-order valence-corrected chi connectivity index (χ4v) is 5.50. The number of fused-ring (bicyclic) bond motifs is 2. The number of urea groups is 1. The van der Waals surface area contributed by atoms with Crippen molar-refractivity contribution in [1.82, 2.24) is 24.1 Å². The monoisotopic (exact) mass is 494 g/mol. The summed E-state index contributed by atoms with van der Waals surface area (Å²) in [7, 11) is -4.20. The molecule has 4 aromatic rings. The molecule has 0 bridgehead atoms. The summed E-state index contributed by atoms with van der Waals surface area (Å²) >= 11 is 0. The Labute approximate surface area is 202 Å². The highest BCUT2D eigenvalue weighted by atomic mass is 32.2. The zero-order chi connectivity index (χ0) is 24.7. The van der Waals surface area contributed by atoms with E-state index >= 15 is 0 Å². The maximum Gasteiger partial charge on any atom is 0.333 e. The fourth-order valence-electron chi connectivity index (χ4n) is 4.65. The van der Waals surface area contributed by atoms with Crippen LogP contribution < -0.4 is 10.0 Å². The van der Waals surface area contributed by atoms with Crippen molar-refractivity contribution in [3.05, 3.63) is 65.6 Å². The number of pyridine rings is 1. The predicted molar refractivity (Wildman–Crippen MR) is 131 cm³/mol. The van der Waals surface area contributed by atoms with Gasteiger partial charge in [0.2, 0.25) is 0 Å². The van der Waals surface area contributed by atoms with E-state index in [4.69, 9.17) is 0 Å². The zero-order valence-electron chi connectivity index (χ0n) is 19.4. The second-order valence-corrected chi connectivity index (χ2v) is 10.5. The van der Waals surface area contributed by atoms with E-state index in [1.807, 2.05) is 31.3 Å². The first-order valence-electron chi connectivity index (χ1n) is 11.4. The van der Waals surface area contributed by atoms with E-state index in [0.717, 1.165) is 52.6 Å². The van der Waals surface area contributed by atoms with E-state index in [1.165, 1.54) is 16.9 Å². The Bertz CT molecular complexity index is 1540. The number of carbonyl (C=O) groups is 1. The number of aliphatic hydroxyl groups is 1. The minimum absolute atomic E-state index is 0.141. The number of aromatic nitrogens is 4. The number of rotatable bonds is 6. The van der Waals surface area contributed by atoms with Crippen molar-refractivity contribution in [1.29, 1.82) is 0 Å². The first kappa shape index (κ1) is 23.1. The topological polar surface area (TPSA) is 131 Å². The first-order chi connectivity index (χ1) is 16.7. The molecule has 1 unspecified atom stereocenters. The summed E-state index contributed by atoms with van der Waals surface area (Å²) in [6.45, 7) is 3.70. The number of carbonyl (C=O) groups excluding carboxylic acids is 1. The minimum atomic E-state index is -4.20. The highest BCUT2D eigenvalue weighted by Gasteiger charge is 2.25. The first-order valence-corrected chi connectivity index (χ1v) is 12.8. The molecule has 0 saturated heterocycles. The second kappa shape index (κ2) is 8.82. The fraction of sp³-hybridized carbons (Fsp3) is 0.292. The van der Waals surface area contributed by atoms with Crippen molar-refractivity contribution < 1.29 is 18.3 Å². The second-order valence-electron chi connectivity index (χ2n) is 8.84. The molecule has 0 aliphatic heterocycles. The van der Waals surface area contributed by atoms with Gasteiger partial charge in [0.05, 0.1) is 23.9 Å². The molecule has 182 valence electrons. The summed E-state index contributed by atoms with van der Waals surface area (Å²) in [5.74, 6) is 0. The average molecular weight is 495 g/mol. The highest BCUT2D eigenvalue weighted by Crippen LogP contribution is 2.40. The Kier molecular flexibility index (Phi) is 5.81. The van der Waals surface area contributed by atoms with Crippen LogP contribution in [-0.4, -0.2) is 45.1 Å². The third-order valence-electron chi connectivity index (χ3n) is 6.09. The molecule has 0 spiro atoms. The van der Waals surface area contributed by atoms with Gasteiger partial charge in [-0.05, 0) is 79.6 Å². The molecule has 3 heterocycles. The van der Waals surface area contributed by atoms with Gasteiger partial charge >= 0.3 is 6.03 Å². The normalized spacial score (nSPS) is 14.1. The Hall–Kier alpha value is -3.70. The molecular weight excluding hydrogens is 468 g/mol. The number of amides is 2. The molecule has 10 nitrogen and oxygen atoms in total. The van der Waals surface area contributed by atoms with E-state index < -0.39 is 22.2 Å². The number of anilines is 1. The van der Waals surface area contributed by atoms with Crippen LogP contribution in [0.4, 0.5) is 10.5 Å². The standard InChI is InChI=1S/C24H26N6O4S/c1-15-12-17-4-3-5-20(17)23(22(15)18-7-11-30-19(13-18)6-9-25-30)26-24(32)28-35(33,34)21-8-10-29(27-21)14-16(2)31/h6-13,16,31H,3-5,14H2,1-2H3,(H2,26,28,32). The lowest BCUT2D eigenvalue weighted by atomic mass is 9.93. The highest BCUT2D eigenvalue weighted by molar-refractivity contribution is 7.90. The van der Waals surface area contributed by atoms with Crippen LogP contribution in [0.25, 0.3) is 16.6 Å². The van der Waals surface area contributed by atoms with Crippen molar-refractivity contribution in [3.63, 3.8) is 0 Å². The molecule has 1 aliphatic carbocycles. The Morgan fingerprint density at radius 3 is 2.83 bits per heavy atom. The number of nitrogens with one attached hydrogen (secondary N) is 2. The number of sulfonamides is 1. The SMILES string of the molecule is Cc1cc2c(c(NC(=O)NS(=O)(=O)c3ccn(CC(C)O)n3)c1-c1ccn3nccc3c1)CCC2. The molecule has 1 atom stereocenters. The Morgan fingerprint density at radius 1 is 1.20 bits per heavy atom. The van der Waals surface area contributed by atoms with E-state index in [-0.39, 0.29) is 11.6 Å². The van der Waals surface area contributed by atoms with Crippen LogP contribution in [0.1, 0.15) is 30.0 Å². The van der Waals surface area contributed by atoms with Crippen LogP contribution in [-0.2, 0) is 29.4 Å². The van der Waals surface area contributed by atoms with Crippen molar-refractivity contribution in [2.75, 3.05) is 5.32 Å². The largest absolute Gasteiger partial charge is 0.391 e. The number of benzene rings is 1. The van der Waals surface area contributed by atoms with Crippen LogP contribution >= 0.6 is 0 Å². The van der Waals surface area contributed by atoms with Gasteiger partial charge in [-0.3, -0.25) is 4.68 Å². The maximum absolute atomic E-state index is 13.0. The Balaban J connectivity index is 1.47. The Morgan fingerprint density at radius 2 is 2.03 bits per heavy atom. The molecule has 3 N–H and O–H groups in total. The van der Waals surface area contributed by atoms with Gasteiger partial charge in [0.1, 0.15) is 0 Å². The predicted octanol–water partition coefficient (Wildman–Crippen LogP) is 2.89. The summed E-state index contributed by atoms with van der Waals surface area (Å²) in [6.07, 6.45) is 7.00. The molecule has 11 heteroatoms. The molecule has 0 saturated carbocycles. The molecule has 1 aliphatic rings. The van der Waals surface area contributed by atoms with Gasteiger partial charge in [-0.1, -0.05) is 6.07 Å². The minimum Gasteiger partial charge on any atom is -0.391 e. The quantitative estimate of drug-likeness (QED) is 0.378. The van der Waals surface area contributed by atoms with E-state index in [1.54, 1.807) is 17.6 Å². The van der Waals surface area contributed by atoms with Gasteiger partial charge in [-0.2, -0.15) is 18.6 Å². The van der Waals surface area contributed by atoms with Crippen molar-refractivity contribution in [2.45, 2.75) is 50.8 Å². The van der Waals surface area contributed by atoms with Gasteiger partial charge in [-0.25, -0.2) is 14.0 Å². The lowest BCUT2D eigenvalue weighted by Gasteiger charge is -2.19. The summed E-state index contributed by atoms with van der Waals surface area (Å²) in [5.41, 5.74) is 6.45. The number of hydrogen-bond donors (Lipinski definition) is 3. The van der Waals surface area contributed by atoms with E-state index in [2.05, 4.69) is 26.3 Å². The van der Waals surface area contributed by atoms with Crippen LogP contribution in [0.3, 0.4) is 0 Å². The van der Waals surface area contributed by atoms with Crippen molar-refractivity contribution in [2.24, 2.45) is 0 Å². The maximum atomic E-state index is 13.0. The lowest BCUT2D eigenvalue weighted by Crippen LogP contribution is -2.35. The number of aryl methyl sites for hydroxylation is 2. The van der Waals surface area contributed by atoms with Gasteiger partial charge in [0.15, 0.2) is 5.03 Å². The zero-order valence-corrected chi connectivity index (χ0v) is 20.2. The molecular formula is C24H26N6O4S. The molecule has 1 aromatic carbocycles. The van der Waals surface area contributed by atoms with Crippen LogP contribution in [0.15, 0.2) is 53.9 Å². The molecule has 35 heavy (non-hydrogen) atoms. The van der Waals surface area contributed by atoms with E-state index in [9.17, 15) is 18.3 Å². The lowest BCUT2D eigenvalue weighted by molar-refractivity contribution is 0.168.